The zero-order chi connectivity index (χ0) is 15.4. The fourth-order valence-electron chi connectivity index (χ4n) is 2.73. The van der Waals surface area contributed by atoms with Gasteiger partial charge in [-0.15, -0.1) is 0 Å². The molecule has 1 amide bonds. The molecule has 2 aromatic rings. The molecule has 0 spiro atoms. The number of carbonyl (C=O) groups is 1. The van der Waals surface area contributed by atoms with Crippen LogP contribution < -0.4 is 0 Å². The summed E-state index contributed by atoms with van der Waals surface area (Å²) in [5.41, 5.74) is 0.824. The van der Waals surface area contributed by atoms with Crippen LogP contribution in [0.5, 0.6) is 0 Å². The number of piperidine rings is 1. The first-order valence-corrected chi connectivity index (χ1v) is 8.09. The predicted molar refractivity (Wildman–Crippen MR) is 85.7 cm³/mol. The second-order valence-electron chi connectivity index (χ2n) is 5.54. The Morgan fingerprint density at radius 1 is 1.23 bits per heavy atom. The first kappa shape index (κ1) is 15.1. The molecule has 1 aromatic heterocycles. The van der Waals surface area contributed by atoms with Gasteiger partial charge in [0.25, 0.3) is 0 Å². The highest BCUT2D eigenvalue weighted by atomic mass is 35.5. The molecule has 0 unspecified atom stereocenters. The van der Waals surface area contributed by atoms with Crippen molar-refractivity contribution in [2.75, 3.05) is 13.1 Å². The second-order valence-corrected chi connectivity index (χ2v) is 5.95. The number of halogens is 1. The topological polar surface area (TPSA) is 46.3 Å². The van der Waals surface area contributed by atoms with Crippen molar-refractivity contribution in [2.45, 2.75) is 32.1 Å². The third-order valence-corrected chi connectivity index (χ3v) is 4.28. The molecular formula is C17H19ClN2O2. The van der Waals surface area contributed by atoms with Gasteiger partial charge in [0, 0.05) is 31.5 Å². The molecule has 1 aliphatic rings. The van der Waals surface area contributed by atoms with Gasteiger partial charge < -0.3 is 9.32 Å². The molecule has 3 rings (SSSR count). The Morgan fingerprint density at radius 3 is 2.77 bits per heavy atom. The van der Waals surface area contributed by atoms with Gasteiger partial charge in [-0.25, -0.2) is 4.98 Å². The standard InChI is InChI=1S/C17H19ClN2O2/c18-14-7-3-2-6-13(14)15-12-19-16(22-15)8-9-17(21)20-10-4-1-5-11-20/h2-3,6-7,12H,1,4-5,8-11H2. The fourth-order valence-corrected chi connectivity index (χ4v) is 2.96. The van der Waals surface area contributed by atoms with Crippen molar-refractivity contribution in [3.05, 3.63) is 41.4 Å². The minimum absolute atomic E-state index is 0.192. The van der Waals surface area contributed by atoms with E-state index in [9.17, 15) is 4.79 Å². The molecule has 0 N–H and O–H groups in total. The Bertz CT molecular complexity index is 648. The lowest BCUT2D eigenvalue weighted by Crippen LogP contribution is -2.35. The van der Waals surface area contributed by atoms with Gasteiger partial charge in [0.1, 0.15) is 0 Å². The molecule has 0 saturated carbocycles. The lowest BCUT2D eigenvalue weighted by molar-refractivity contribution is -0.132. The Kier molecular flexibility index (Phi) is 4.78. The predicted octanol–water partition coefficient (Wildman–Crippen LogP) is 3.94. The van der Waals surface area contributed by atoms with Crippen molar-refractivity contribution in [2.24, 2.45) is 0 Å². The summed E-state index contributed by atoms with van der Waals surface area (Å²) in [6.45, 7) is 1.77. The van der Waals surface area contributed by atoms with E-state index in [-0.39, 0.29) is 5.91 Å². The number of likely N-dealkylation sites (tertiary alicyclic amines) is 1. The third-order valence-electron chi connectivity index (χ3n) is 3.95. The van der Waals surface area contributed by atoms with E-state index < -0.39 is 0 Å². The maximum atomic E-state index is 12.1. The fraction of sp³-hybridized carbons (Fsp3) is 0.412. The molecular weight excluding hydrogens is 300 g/mol. The second kappa shape index (κ2) is 6.97. The van der Waals surface area contributed by atoms with Gasteiger partial charge in [-0.2, -0.15) is 0 Å². The number of nitrogens with zero attached hydrogens (tertiary/aromatic N) is 2. The molecule has 0 atom stereocenters. The number of benzene rings is 1. The molecule has 22 heavy (non-hydrogen) atoms. The largest absolute Gasteiger partial charge is 0.441 e. The summed E-state index contributed by atoms with van der Waals surface area (Å²) in [5.74, 6) is 1.42. The van der Waals surface area contributed by atoms with Crippen molar-refractivity contribution in [1.29, 1.82) is 0 Å². The van der Waals surface area contributed by atoms with E-state index >= 15 is 0 Å². The average Bonchev–Trinajstić information content (AvgIpc) is 3.02. The maximum Gasteiger partial charge on any atom is 0.223 e. The molecule has 0 aliphatic carbocycles. The number of hydrogen-bond donors (Lipinski definition) is 0. The zero-order valence-electron chi connectivity index (χ0n) is 12.4. The van der Waals surface area contributed by atoms with E-state index in [2.05, 4.69) is 4.98 Å². The van der Waals surface area contributed by atoms with Crippen LogP contribution in [0.3, 0.4) is 0 Å². The van der Waals surface area contributed by atoms with E-state index in [0.717, 1.165) is 31.5 Å². The van der Waals surface area contributed by atoms with Crippen LogP contribution in [-0.4, -0.2) is 28.9 Å². The van der Waals surface area contributed by atoms with Gasteiger partial charge in [0.2, 0.25) is 5.91 Å². The molecule has 0 bridgehead atoms. The minimum atomic E-state index is 0.192. The van der Waals surface area contributed by atoms with E-state index in [4.69, 9.17) is 16.0 Å². The summed E-state index contributed by atoms with van der Waals surface area (Å²) in [4.78, 5) is 18.3. The lowest BCUT2D eigenvalue weighted by atomic mass is 10.1. The van der Waals surface area contributed by atoms with Gasteiger partial charge >= 0.3 is 0 Å². The zero-order valence-corrected chi connectivity index (χ0v) is 13.2. The van der Waals surface area contributed by atoms with Crippen LogP contribution in [-0.2, 0) is 11.2 Å². The number of amides is 1. The van der Waals surface area contributed by atoms with Crippen molar-refractivity contribution in [3.8, 4) is 11.3 Å². The highest BCUT2D eigenvalue weighted by Gasteiger charge is 2.17. The number of aryl methyl sites for hydroxylation is 1. The molecule has 1 fully saturated rings. The number of carbonyl (C=O) groups excluding carboxylic acids is 1. The number of aromatic nitrogens is 1. The highest BCUT2D eigenvalue weighted by Crippen LogP contribution is 2.28. The van der Waals surface area contributed by atoms with Gasteiger partial charge in [0.15, 0.2) is 11.7 Å². The van der Waals surface area contributed by atoms with E-state index in [0.29, 0.717) is 29.5 Å². The smallest absolute Gasteiger partial charge is 0.223 e. The van der Waals surface area contributed by atoms with E-state index in [1.165, 1.54) is 6.42 Å². The van der Waals surface area contributed by atoms with Crippen molar-refractivity contribution < 1.29 is 9.21 Å². The summed E-state index contributed by atoms with van der Waals surface area (Å²) in [6.07, 6.45) is 6.09. The maximum absolute atomic E-state index is 12.1. The summed E-state index contributed by atoms with van der Waals surface area (Å²) in [6, 6.07) is 7.49. The van der Waals surface area contributed by atoms with Crippen LogP contribution in [0.15, 0.2) is 34.9 Å². The van der Waals surface area contributed by atoms with Crippen molar-refractivity contribution in [3.63, 3.8) is 0 Å². The number of rotatable bonds is 4. The molecule has 0 radical (unpaired) electrons. The molecule has 116 valence electrons. The molecule has 1 aliphatic heterocycles. The van der Waals surface area contributed by atoms with Crippen molar-refractivity contribution >= 4 is 17.5 Å². The normalized spacial score (nSPS) is 15.0. The van der Waals surface area contributed by atoms with Gasteiger partial charge in [-0.05, 0) is 31.4 Å². The Labute approximate surface area is 135 Å². The van der Waals surface area contributed by atoms with Gasteiger partial charge in [-0.1, -0.05) is 23.7 Å². The molecule has 5 heteroatoms. The summed E-state index contributed by atoms with van der Waals surface area (Å²) in [7, 11) is 0. The SMILES string of the molecule is O=C(CCc1ncc(-c2ccccc2Cl)o1)N1CCCCC1. The summed E-state index contributed by atoms with van der Waals surface area (Å²) >= 11 is 6.15. The number of hydrogen-bond acceptors (Lipinski definition) is 3. The van der Waals surface area contributed by atoms with Gasteiger partial charge in [0.05, 0.1) is 11.2 Å². The highest BCUT2D eigenvalue weighted by molar-refractivity contribution is 6.33. The molecule has 2 heterocycles. The van der Waals surface area contributed by atoms with Crippen LogP contribution in [0.1, 0.15) is 31.6 Å². The van der Waals surface area contributed by atoms with E-state index in [1.54, 1.807) is 6.20 Å². The number of oxazole rings is 1. The Balaban J connectivity index is 1.60. The monoisotopic (exact) mass is 318 g/mol. The van der Waals surface area contributed by atoms with Crippen LogP contribution in [0.4, 0.5) is 0 Å². The quantitative estimate of drug-likeness (QED) is 0.857. The Hall–Kier alpha value is -1.81. The van der Waals surface area contributed by atoms with Crippen molar-refractivity contribution in [1.82, 2.24) is 9.88 Å². The van der Waals surface area contributed by atoms with Gasteiger partial charge in [-0.3, -0.25) is 4.79 Å². The average molecular weight is 319 g/mol. The third kappa shape index (κ3) is 3.50. The van der Waals surface area contributed by atoms with Crippen LogP contribution in [0.2, 0.25) is 5.02 Å². The first-order valence-electron chi connectivity index (χ1n) is 7.71. The lowest BCUT2D eigenvalue weighted by Gasteiger charge is -2.26. The molecule has 4 nitrogen and oxygen atoms in total. The van der Waals surface area contributed by atoms with Crippen LogP contribution in [0, 0.1) is 0 Å². The summed E-state index contributed by atoms with van der Waals surface area (Å²) < 4.78 is 5.72. The summed E-state index contributed by atoms with van der Waals surface area (Å²) in [5, 5.41) is 0.634. The molecule has 1 saturated heterocycles. The molecule has 1 aromatic carbocycles. The minimum Gasteiger partial charge on any atom is -0.441 e. The van der Waals surface area contributed by atoms with Crippen LogP contribution >= 0.6 is 11.6 Å². The van der Waals surface area contributed by atoms with Crippen LogP contribution in [0.25, 0.3) is 11.3 Å². The van der Waals surface area contributed by atoms with E-state index in [1.807, 2.05) is 29.2 Å². The Morgan fingerprint density at radius 2 is 2.00 bits per heavy atom. The first-order chi connectivity index (χ1) is 10.7.